The SMILES string of the molecule is Cc1nc(Cc2ccc(-n3cnnc3)cc2)n[nH]1. The smallest absolute Gasteiger partial charge is 0.155 e. The van der Waals surface area contributed by atoms with Crippen molar-refractivity contribution in [2.75, 3.05) is 0 Å². The Morgan fingerprint density at radius 2 is 1.83 bits per heavy atom. The highest BCUT2D eigenvalue weighted by atomic mass is 15.2. The molecular weight excluding hydrogens is 228 g/mol. The van der Waals surface area contributed by atoms with Crippen molar-refractivity contribution in [3.05, 3.63) is 54.1 Å². The van der Waals surface area contributed by atoms with Gasteiger partial charge in [0.15, 0.2) is 5.82 Å². The fourth-order valence-corrected chi connectivity index (χ4v) is 1.77. The number of aryl methyl sites for hydroxylation is 1. The van der Waals surface area contributed by atoms with Crippen molar-refractivity contribution in [2.45, 2.75) is 13.3 Å². The van der Waals surface area contributed by atoms with E-state index in [2.05, 4.69) is 37.5 Å². The van der Waals surface area contributed by atoms with Crippen LogP contribution in [0.4, 0.5) is 0 Å². The van der Waals surface area contributed by atoms with Gasteiger partial charge >= 0.3 is 0 Å². The highest BCUT2D eigenvalue weighted by Crippen LogP contribution is 2.11. The van der Waals surface area contributed by atoms with Crippen LogP contribution in [0.3, 0.4) is 0 Å². The Bertz CT molecular complexity index is 623. The van der Waals surface area contributed by atoms with Gasteiger partial charge in [-0.1, -0.05) is 12.1 Å². The number of hydrogen-bond acceptors (Lipinski definition) is 4. The predicted octanol–water partition coefficient (Wildman–Crippen LogP) is 1.28. The molecule has 0 saturated carbocycles. The highest BCUT2D eigenvalue weighted by Gasteiger charge is 2.02. The van der Waals surface area contributed by atoms with Crippen LogP contribution in [-0.4, -0.2) is 29.9 Å². The molecule has 0 bridgehead atoms. The van der Waals surface area contributed by atoms with Gasteiger partial charge < -0.3 is 0 Å². The predicted molar refractivity (Wildman–Crippen MR) is 65.3 cm³/mol. The normalized spacial score (nSPS) is 10.7. The molecule has 3 aromatic rings. The lowest BCUT2D eigenvalue weighted by Gasteiger charge is -2.02. The lowest BCUT2D eigenvalue weighted by atomic mass is 10.1. The molecule has 6 nitrogen and oxygen atoms in total. The third-order valence-corrected chi connectivity index (χ3v) is 2.66. The van der Waals surface area contributed by atoms with Crippen LogP contribution in [0.15, 0.2) is 36.9 Å². The van der Waals surface area contributed by atoms with Crippen molar-refractivity contribution < 1.29 is 0 Å². The second-order valence-electron chi connectivity index (χ2n) is 4.05. The molecule has 0 aliphatic rings. The molecule has 6 heteroatoms. The van der Waals surface area contributed by atoms with Gasteiger partial charge in [-0.3, -0.25) is 9.67 Å². The van der Waals surface area contributed by atoms with Gasteiger partial charge in [0.2, 0.25) is 0 Å². The highest BCUT2D eigenvalue weighted by molar-refractivity contribution is 5.35. The molecule has 18 heavy (non-hydrogen) atoms. The van der Waals surface area contributed by atoms with E-state index in [0.717, 1.165) is 23.8 Å². The molecule has 3 rings (SSSR count). The number of H-pyrrole nitrogens is 1. The first kappa shape index (κ1) is 10.6. The minimum Gasteiger partial charge on any atom is -0.288 e. The maximum Gasteiger partial charge on any atom is 0.155 e. The number of nitrogens with zero attached hydrogens (tertiary/aromatic N) is 5. The molecule has 90 valence electrons. The summed E-state index contributed by atoms with van der Waals surface area (Å²) in [4.78, 5) is 4.29. The summed E-state index contributed by atoms with van der Waals surface area (Å²) >= 11 is 0. The van der Waals surface area contributed by atoms with Gasteiger partial charge in [0.25, 0.3) is 0 Å². The van der Waals surface area contributed by atoms with Gasteiger partial charge in [-0.05, 0) is 24.6 Å². The Hall–Kier alpha value is -2.50. The average molecular weight is 240 g/mol. The van der Waals surface area contributed by atoms with Gasteiger partial charge in [0.05, 0.1) is 0 Å². The molecule has 1 N–H and O–H groups in total. The summed E-state index contributed by atoms with van der Waals surface area (Å²) in [6.45, 7) is 1.89. The van der Waals surface area contributed by atoms with Crippen molar-refractivity contribution in [2.24, 2.45) is 0 Å². The molecule has 0 spiro atoms. The summed E-state index contributed by atoms with van der Waals surface area (Å²) < 4.78 is 1.86. The van der Waals surface area contributed by atoms with Crippen LogP contribution >= 0.6 is 0 Å². The van der Waals surface area contributed by atoms with Crippen molar-refractivity contribution in [1.82, 2.24) is 29.9 Å². The number of benzene rings is 1. The second-order valence-corrected chi connectivity index (χ2v) is 4.05. The molecule has 1 aromatic carbocycles. The summed E-state index contributed by atoms with van der Waals surface area (Å²) in [5.41, 5.74) is 2.21. The van der Waals surface area contributed by atoms with E-state index in [1.165, 1.54) is 5.56 Å². The van der Waals surface area contributed by atoms with Gasteiger partial charge in [0.1, 0.15) is 18.5 Å². The lowest BCUT2D eigenvalue weighted by Crippen LogP contribution is -1.93. The van der Waals surface area contributed by atoms with Crippen LogP contribution in [0, 0.1) is 6.92 Å². The Balaban J connectivity index is 1.79. The van der Waals surface area contributed by atoms with Crippen LogP contribution in [0.2, 0.25) is 0 Å². The van der Waals surface area contributed by atoms with Crippen LogP contribution < -0.4 is 0 Å². The van der Waals surface area contributed by atoms with E-state index >= 15 is 0 Å². The van der Waals surface area contributed by atoms with E-state index in [1.54, 1.807) is 12.7 Å². The number of aromatic nitrogens is 6. The fourth-order valence-electron chi connectivity index (χ4n) is 1.77. The molecule has 0 fully saturated rings. The third-order valence-electron chi connectivity index (χ3n) is 2.66. The van der Waals surface area contributed by atoms with Gasteiger partial charge in [-0.25, -0.2) is 4.98 Å². The van der Waals surface area contributed by atoms with Crippen LogP contribution in [0.1, 0.15) is 17.2 Å². The lowest BCUT2D eigenvalue weighted by molar-refractivity contribution is 0.967. The maximum atomic E-state index is 4.29. The minimum absolute atomic E-state index is 0.729. The van der Waals surface area contributed by atoms with E-state index in [9.17, 15) is 0 Å². The van der Waals surface area contributed by atoms with Gasteiger partial charge in [-0.15, -0.1) is 10.2 Å². The zero-order valence-corrected chi connectivity index (χ0v) is 9.91. The largest absolute Gasteiger partial charge is 0.288 e. The van der Waals surface area contributed by atoms with Crippen molar-refractivity contribution in [3.63, 3.8) is 0 Å². The first-order valence-corrected chi connectivity index (χ1v) is 5.63. The molecular formula is C12H12N6. The topological polar surface area (TPSA) is 72.3 Å². The number of aromatic amines is 1. The monoisotopic (exact) mass is 240 g/mol. The summed E-state index contributed by atoms with van der Waals surface area (Å²) in [7, 11) is 0. The zero-order valence-electron chi connectivity index (χ0n) is 9.91. The summed E-state index contributed by atoms with van der Waals surface area (Å²) in [5.74, 6) is 1.65. The minimum atomic E-state index is 0.729. The Labute approximate surface area is 104 Å². The Kier molecular flexibility index (Phi) is 2.60. The number of rotatable bonds is 3. The van der Waals surface area contributed by atoms with E-state index in [4.69, 9.17) is 0 Å². The fraction of sp³-hybridized carbons (Fsp3) is 0.167. The molecule has 0 aliphatic carbocycles. The Morgan fingerprint density at radius 1 is 1.11 bits per heavy atom. The van der Waals surface area contributed by atoms with E-state index in [1.807, 2.05) is 23.6 Å². The quantitative estimate of drug-likeness (QED) is 0.748. The molecule has 0 atom stereocenters. The molecule has 0 radical (unpaired) electrons. The molecule has 2 heterocycles. The van der Waals surface area contributed by atoms with Gasteiger partial charge in [-0.2, -0.15) is 5.10 Å². The van der Waals surface area contributed by atoms with E-state index in [-0.39, 0.29) is 0 Å². The number of nitrogens with one attached hydrogen (secondary N) is 1. The summed E-state index contributed by atoms with van der Waals surface area (Å²) in [5, 5.41) is 14.5. The van der Waals surface area contributed by atoms with E-state index in [0.29, 0.717) is 0 Å². The van der Waals surface area contributed by atoms with Crippen LogP contribution in [0.5, 0.6) is 0 Å². The second kappa shape index (κ2) is 4.40. The third kappa shape index (κ3) is 2.13. The summed E-state index contributed by atoms with van der Waals surface area (Å²) in [6.07, 6.45) is 4.08. The Morgan fingerprint density at radius 3 is 2.44 bits per heavy atom. The zero-order chi connectivity index (χ0) is 12.4. The molecule has 0 amide bonds. The number of hydrogen-bond donors (Lipinski definition) is 1. The maximum absolute atomic E-state index is 4.29. The van der Waals surface area contributed by atoms with Crippen LogP contribution in [0.25, 0.3) is 5.69 Å². The van der Waals surface area contributed by atoms with Crippen LogP contribution in [-0.2, 0) is 6.42 Å². The standard InChI is InChI=1S/C12H12N6/c1-9-15-12(17-16-9)6-10-2-4-11(5-3-10)18-7-13-14-8-18/h2-5,7-8H,6H2,1H3,(H,15,16,17). The van der Waals surface area contributed by atoms with Crippen molar-refractivity contribution in [1.29, 1.82) is 0 Å². The average Bonchev–Trinajstić information content (AvgIpc) is 3.02. The first-order chi connectivity index (χ1) is 8.81. The molecule has 0 aliphatic heterocycles. The van der Waals surface area contributed by atoms with Crippen molar-refractivity contribution >= 4 is 0 Å². The molecule has 0 unspecified atom stereocenters. The molecule has 2 aromatic heterocycles. The summed E-state index contributed by atoms with van der Waals surface area (Å²) in [6, 6.07) is 8.17. The van der Waals surface area contributed by atoms with Crippen molar-refractivity contribution in [3.8, 4) is 5.69 Å². The molecule has 0 saturated heterocycles. The first-order valence-electron chi connectivity index (χ1n) is 5.63. The van der Waals surface area contributed by atoms with Gasteiger partial charge in [0, 0.05) is 12.1 Å². The van der Waals surface area contributed by atoms with E-state index < -0.39 is 0 Å².